The second-order valence-corrected chi connectivity index (χ2v) is 8.26. The summed E-state index contributed by atoms with van der Waals surface area (Å²) in [6, 6.07) is 23.2. The molecule has 1 fully saturated rings. The molecule has 1 N–H and O–H groups in total. The van der Waals surface area contributed by atoms with Crippen LogP contribution >= 0.6 is 11.6 Å². The second kappa shape index (κ2) is 9.88. The van der Waals surface area contributed by atoms with Crippen molar-refractivity contribution in [2.24, 2.45) is 5.92 Å². The van der Waals surface area contributed by atoms with E-state index in [1.807, 2.05) is 48.5 Å². The molecular weight excluding hydrogens is 424 g/mol. The van der Waals surface area contributed by atoms with Crippen molar-refractivity contribution in [3.05, 3.63) is 89.4 Å². The van der Waals surface area contributed by atoms with Crippen LogP contribution in [-0.2, 0) is 4.79 Å². The summed E-state index contributed by atoms with van der Waals surface area (Å²) in [6.07, 6.45) is 2.10. The SMILES string of the molecule is COc1ccc(N(C(=O)Nc2ccccc2Cl)C(CC(=O)C2CC2)c2ccccc2)cc1. The van der Waals surface area contributed by atoms with Gasteiger partial charge >= 0.3 is 6.03 Å². The lowest BCUT2D eigenvalue weighted by atomic mass is 9.97. The zero-order valence-electron chi connectivity index (χ0n) is 17.8. The number of ether oxygens (including phenoxy) is 1. The van der Waals surface area contributed by atoms with Crippen molar-refractivity contribution in [1.29, 1.82) is 0 Å². The van der Waals surface area contributed by atoms with Gasteiger partial charge in [-0.25, -0.2) is 4.79 Å². The van der Waals surface area contributed by atoms with E-state index in [4.69, 9.17) is 16.3 Å². The Labute approximate surface area is 193 Å². The molecule has 1 atom stereocenters. The number of rotatable bonds is 8. The van der Waals surface area contributed by atoms with Crippen molar-refractivity contribution in [2.45, 2.75) is 25.3 Å². The van der Waals surface area contributed by atoms with Crippen molar-refractivity contribution >= 4 is 34.8 Å². The van der Waals surface area contributed by atoms with Gasteiger partial charge in [0, 0.05) is 18.0 Å². The molecule has 1 aliphatic carbocycles. The van der Waals surface area contributed by atoms with Gasteiger partial charge in [0.25, 0.3) is 0 Å². The number of carbonyl (C=O) groups is 2. The van der Waals surface area contributed by atoms with Gasteiger partial charge in [-0.05, 0) is 54.8 Å². The quantitative estimate of drug-likeness (QED) is 0.428. The molecule has 32 heavy (non-hydrogen) atoms. The standard InChI is InChI=1S/C26H25ClN2O3/c1-32-21-15-13-20(14-16-21)29(26(31)28-23-10-6-5-9-22(23)27)24(17-25(30)19-11-12-19)18-7-3-2-4-8-18/h2-10,13-16,19,24H,11-12,17H2,1H3,(H,28,31). The van der Waals surface area contributed by atoms with Crippen LogP contribution in [0, 0.1) is 5.92 Å². The number of Topliss-reactive ketones (excluding diaryl/α,β-unsaturated/α-hetero) is 1. The highest BCUT2D eigenvalue weighted by molar-refractivity contribution is 6.33. The number of methoxy groups -OCH3 is 1. The van der Waals surface area contributed by atoms with Gasteiger partial charge in [-0.3, -0.25) is 9.69 Å². The fourth-order valence-corrected chi connectivity index (χ4v) is 3.90. The smallest absolute Gasteiger partial charge is 0.326 e. The van der Waals surface area contributed by atoms with Crippen molar-refractivity contribution in [1.82, 2.24) is 0 Å². The number of hydrogen-bond acceptors (Lipinski definition) is 3. The number of nitrogens with zero attached hydrogens (tertiary/aromatic N) is 1. The van der Waals surface area contributed by atoms with Gasteiger partial charge in [-0.1, -0.05) is 54.1 Å². The van der Waals surface area contributed by atoms with Gasteiger partial charge in [-0.2, -0.15) is 0 Å². The maximum atomic E-state index is 13.6. The highest BCUT2D eigenvalue weighted by Gasteiger charge is 2.35. The number of carbonyl (C=O) groups excluding carboxylic acids is 2. The van der Waals surface area contributed by atoms with E-state index in [0.717, 1.165) is 18.4 Å². The Hall–Kier alpha value is -3.31. The summed E-state index contributed by atoms with van der Waals surface area (Å²) in [5, 5.41) is 3.36. The van der Waals surface area contributed by atoms with Gasteiger partial charge < -0.3 is 10.1 Å². The number of halogens is 1. The molecule has 4 rings (SSSR count). The Morgan fingerprint density at radius 2 is 1.66 bits per heavy atom. The number of amides is 2. The van der Waals surface area contributed by atoms with Gasteiger partial charge in [0.15, 0.2) is 0 Å². The molecule has 164 valence electrons. The Morgan fingerprint density at radius 1 is 1.00 bits per heavy atom. The average Bonchev–Trinajstić information content (AvgIpc) is 3.67. The van der Waals surface area contributed by atoms with Crippen LogP contribution in [0.15, 0.2) is 78.9 Å². The minimum Gasteiger partial charge on any atom is -0.497 e. The van der Waals surface area contributed by atoms with Crippen LogP contribution in [0.1, 0.15) is 30.9 Å². The average molecular weight is 449 g/mol. The molecular formula is C26H25ClN2O3. The lowest BCUT2D eigenvalue weighted by Gasteiger charge is -2.32. The predicted molar refractivity (Wildman–Crippen MR) is 127 cm³/mol. The number of ketones is 1. The number of nitrogens with one attached hydrogen (secondary N) is 1. The van der Waals surface area contributed by atoms with E-state index in [0.29, 0.717) is 22.1 Å². The molecule has 6 heteroatoms. The fourth-order valence-electron chi connectivity index (χ4n) is 3.72. The molecule has 1 aliphatic rings. The van der Waals surface area contributed by atoms with Gasteiger partial charge in [0.05, 0.1) is 23.9 Å². The summed E-state index contributed by atoms with van der Waals surface area (Å²) in [7, 11) is 1.60. The summed E-state index contributed by atoms with van der Waals surface area (Å²) in [5.41, 5.74) is 2.07. The lowest BCUT2D eigenvalue weighted by molar-refractivity contribution is -0.120. The first-order valence-corrected chi connectivity index (χ1v) is 11.0. The first kappa shape index (κ1) is 21.9. The number of urea groups is 1. The van der Waals surface area contributed by atoms with Crippen LogP contribution in [0.3, 0.4) is 0 Å². The van der Waals surface area contributed by atoms with E-state index < -0.39 is 6.04 Å². The van der Waals surface area contributed by atoms with Crippen LogP contribution in [0.5, 0.6) is 5.75 Å². The van der Waals surface area contributed by atoms with Crippen LogP contribution in [0.25, 0.3) is 0 Å². The number of anilines is 2. The van der Waals surface area contributed by atoms with Crippen molar-refractivity contribution in [3.8, 4) is 5.75 Å². The Morgan fingerprint density at radius 3 is 2.28 bits per heavy atom. The predicted octanol–water partition coefficient (Wildman–Crippen LogP) is 6.50. The third kappa shape index (κ3) is 5.11. The molecule has 1 saturated carbocycles. The number of para-hydroxylation sites is 1. The molecule has 3 aromatic carbocycles. The molecule has 3 aromatic rings. The van der Waals surface area contributed by atoms with E-state index in [1.54, 1.807) is 42.3 Å². The van der Waals surface area contributed by atoms with E-state index in [2.05, 4.69) is 5.32 Å². The lowest BCUT2D eigenvalue weighted by Crippen LogP contribution is -2.39. The van der Waals surface area contributed by atoms with Crippen molar-refractivity contribution in [3.63, 3.8) is 0 Å². The third-order valence-corrected chi connectivity index (χ3v) is 5.94. The summed E-state index contributed by atoms with van der Waals surface area (Å²) in [5.74, 6) is 0.971. The Bertz CT molecular complexity index is 1080. The molecule has 0 spiro atoms. The van der Waals surface area contributed by atoms with E-state index in [9.17, 15) is 9.59 Å². The molecule has 0 aromatic heterocycles. The van der Waals surface area contributed by atoms with Crippen LogP contribution < -0.4 is 15.0 Å². The largest absolute Gasteiger partial charge is 0.497 e. The maximum absolute atomic E-state index is 13.6. The summed E-state index contributed by atoms with van der Waals surface area (Å²) in [4.78, 5) is 28.1. The molecule has 0 saturated heterocycles. The zero-order valence-corrected chi connectivity index (χ0v) is 18.6. The van der Waals surface area contributed by atoms with E-state index >= 15 is 0 Å². The minimum atomic E-state index is -0.458. The summed E-state index contributed by atoms with van der Waals surface area (Å²) < 4.78 is 5.28. The minimum absolute atomic E-state index is 0.102. The molecule has 0 heterocycles. The maximum Gasteiger partial charge on any atom is 0.326 e. The number of benzene rings is 3. The molecule has 1 unspecified atom stereocenters. The van der Waals surface area contributed by atoms with Crippen LogP contribution in [-0.4, -0.2) is 18.9 Å². The summed E-state index contributed by atoms with van der Waals surface area (Å²) >= 11 is 6.29. The van der Waals surface area contributed by atoms with E-state index in [-0.39, 0.29) is 24.2 Å². The molecule has 5 nitrogen and oxygen atoms in total. The third-order valence-electron chi connectivity index (χ3n) is 5.61. The van der Waals surface area contributed by atoms with Crippen molar-refractivity contribution in [2.75, 3.05) is 17.3 Å². The van der Waals surface area contributed by atoms with Gasteiger partial charge in [-0.15, -0.1) is 0 Å². The van der Waals surface area contributed by atoms with Crippen LogP contribution in [0.2, 0.25) is 5.02 Å². The van der Waals surface area contributed by atoms with Crippen molar-refractivity contribution < 1.29 is 14.3 Å². The monoisotopic (exact) mass is 448 g/mol. The highest BCUT2D eigenvalue weighted by atomic mass is 35.5. The fraction of sp³-hybridized carbons (Fsp3) is 0.231. The normalized spacial score (nSPS) is 13.8. The first-order chi connectivity index (χ1) is 15.6. The Kier molecular flexibility index (Phi) is 6.76. The molecule has 0 bridgehead atoms. The topological polar surface area (TPSA) is 58.6 Å². The van der Waals surface area contributed by atoms with E-state index in [1.165, 1.54) is 0 Å². The summed E-state index contributed by atoms with van der Waals surface area (Å²) in [6.45, 7) is 0. The second-order valence-electron chi connectivity index (χ2n) is 7.85. The highest BCUT2D eigenvalue weighted by Crippen LogP contribution is 2.37. The molecule has 0 aliphatic heterocycles. The number of hydrogen-bond donors (Lipinski definition) is 1. The van der Waals surface area contributed by atoms with Gasteiger partial charge in [0.1, 0.15) is 11.5 Å². The zero-order chi connectivity index (χ0) is 22.5. The molecule has 0 radical (unpaired) electrons. The molecule has 2 amide bonds. The Balaban J connectivity index is 1.74. The first-order valence-electron chi connectivity index (χ1n) is 10.6. The van der Waals surface area contributed by atoms with Gasteiger partial charge in [0.2, 0.25) is 0 Å². The van der Waals surface area contributed by atoms with Crippen LogP contribution in [0.4, 0.5) is 16.2 Å².